The number of anilines is 1. The molecule has 2 N–H and O–H groups in total. The van der Waals surface area contributed by atoms with Crippen LogP contribution in [0.3, 0.4) is 0 Å². The third-order valence-electron chi connectivity index (χ3n) is 3.89. The van der Waals surface area contributed by atoms with E-state index in [1.54, 1.807) is 29.2 Å². The minimum Gasteiger partial charge on any atom is -0.399 e. The van der Waals surface area contributed by atoms with Gasteiger partial charge in [-0.2, -0.15) is 0 Å². The molecular weight excluding hydrogens is 287 g/mol. The maximum absolute atomic E-state index is 14.3. The predicted octanol–water partition coefficient (Wildman–Crippen LogP) is 3.76. The summed E-state index contributed by atoms with van der Waals surface area (Å²) in [6, 6.07) is 7.05. The highest BCUT2D eigenvalue weighted by Crippen LogP contribution is 2.36. The number of rotatable bonds is 2. The molecule has 21 heavy (non-hydrogen) atoms. The van der Waals surface area contributed by atoms with Gasteiger partial charge in [-0.1, -0.05) is 6.07 Å². The third kappa shape index (κ3) is 2.53. The molecule has 1 aliphatic rings. The van der Waals surface area contributed by atoms with Crippen LogP contribution in [0.1, 0.15) is 39.7 Å². The van der Waals surface area contributed by atoms with Gasteiger partial charge in [0.15, 0.2) is 0 Å². The van der Waals surface area contributed by atoms with Crippen molar-refractivity contribution >= 4 is 22.9 Å². The molecular formula is C16H17FN2OS. The van der Waals surface area contributed by atoms with E-state index in [9.17, 15) is 9.18 Å². The van der Waals surface area contributed by atoms with Gasteiger partial charge in [0.1, 0.15) is 5.82 Å². The molecule has 0 radical (unpaired) electrons. The number of amides is 1. The number of benzene rings is 1. The maximum atomic E-state index is 14.3. The van der Waals surface area contributed by atoms with Crippen LogP contribution in [0.5, 0.6) is 0 Å². The van der Waals surface area contributed by atoms with Crippen LogP contribution in [0.4, 0.5) is 10.1 Å². The van der Waals surface area contributed by atoms with Gasteiger partial charge in [0, 0.05) is 17.1 Å². The molecule has 0 saturated carbocycles. The molecule has 3 nitrogen and oxygen atoms in total. The zero-order chi connectivity index (χ0) is 15.0. The minimum atomic E-state index is -0.467. The van der Waals surface area contributed by atoms with E-state index < -0.39 is 5.82 Å². The van der Waals surface area contributed by atoms with Crippen molar-refractivity contribution in [3.05, 3.63) is 51.5 Å². The van der Waals surface area contributed by atoms with E-state index in [4.69, 9.17) is 5.73 Å². The lowest BCUT2D eigenvalue weighted by atomic mass is 10.1. The quantitative estimate of drug-likeness (QED) is 0.859. The Bertz CT molecular complexity index is 669. The van der Waals surface area contributed by atoms with E-state index in [2.05, 4.69) is 0 Å². The summed E-state index contributed by atoms with van der Waals surface area (Å²) in [5.74, 6) is -0.732. The van der Waals surface area contributed by atoms with E-state index in [1.165, 1.54) is 6.07 Å². The number of hydrogen-bond acceptors (Lipinski definition) is 3. The molecule has 1 aromatic carbocycles. The second-order valence-corrected chi connectivity index (χ2v) is 6.35. The fraction of sp³-hybridized carbons (Fsp3) is 0.312. The molecule has 0 spiro atoms. The van der Waals surface area contributed by atoms with E-state index in [1.807, 2.05) is 17.5 Å². The second kappa shape index (κ2) is 5.48. The van der Waals surface area contributed by atoms with E-state index in [0.717, 1.165) is 17.7 Å². The Hall–Kier alpha value is -1.88. The Kier molecular flexibility index (Phi) is 3.68. The van der Waals surface area contributed by atoms with Crippen molar-refractivity contribution in [1.29, 1.82) is 0 Å². The third-order valence-corrected chi connectivity index (χ3v) is 4.87. The molecule has 1 amide bonds. The fourth-order valence-corrected chi connectivity index (χ4v) is 3.77. The van der Waals surface area contributed by atoms with Crippen molar-refractivity contribution in [3.63, 3.8) is 0 Å². The van der Waals surface area contributed by atoms with Crippen LogP contribution in [-0.2, 0) is 0 Å². The molecule has 2 aromatic rings. The van der Waals surface area contributed by atoms with Gasteiger partial charge in [0.05, 0.1) is 11.6 Å². The summed E-state index contributed by atoms with van der Waals surface area (Å²) in [6.07, 6.45) is 1.87. The molecule has 3 rings (SSSR count). The first kappa shape index (κ1) is 14.1. The van der Waals surface area contributed by atoms with Gasteiger partial charge in [-0.05, 0) is 48.9 Å². The zero-order valence-corrected chi connectivity index (χ0v) is 12.6. The maximum Gasteiger partial charge on any atom is 0.257 e. The Morgan fingerprint density at radius 3 is 3.00 bits per heavy atom. The monoisotopic (exact) mass is 304 g/mol. The summed E-state index contributed by atoms with van der Waals surface area (Å²) >= 11 is 1.63. The van der Waals surface area contributed by atoms with Crippen molar-refractivity contribution in [1.82, 2.24) is 4.90 Å². The molecule has 0 aliphatic carbocycles. The molecule has 1 saturated heterocycles. The van der Waals surface area contributed by atoms with Crippen LogP contribution >= 0.6 is 11.3 Å². The number of halogens is 1. The van der Waals surface area contributed by atoms with Gasteiger partial charge in [0.25, 0.3) is 5.91 Å². The highest BCUT2D eigenvalue weighted by molar-refractivity contribution is 7.10. The first-order chi connectivity index (χ1) is 10.1. The lowest BCUT2D eigenvalue weighted by molar-refractivity contribution is 0.0733. The Balaban J connectivity index is 1.95. The predicted molar refractivity (Wildman–Crippen MR) is 82.9 cm³/mol. The highest BCUT2D eigenvalue weighted by Gasteiger charge is 2.32. The molecule has 110 valence electrons. The second-order valence-electron chi connectivity index (χ2n) is 5.37. The molecule has 1 fully saturated rings. The molecule has 1 atom stereocenters. The number of carbonyl (C=O) groups excluding carboxylic acids is 1. The largest absolute Gasteiger partial charge is 0.399 e. The number of hydrogen-bond donors (Lipinski definition) is 1. The van der Waals surface area contributed by atoms with Crippen molar-refractivity contribution in [2.75, 3.05) is 12.3 Å². The molecule has 5 heteroatoms. The first-order valence-electron chi connectivity index (χ1n) is 6.98. The van der Waals surface area contributed by atoms with Crippen molar-refractivity contribution in [2.45, 2.75) is 25.8 Å². The number of aryl methyl sites for hydroxylation is 1. The number of likely N-dealkylation sites (tertiary alicyclic amines) is 1. The summed E-state index contributed by atoms with van der Waals surface area (Å²) in [7, 11) is 0. The average Bonchev–Trinajstić information content (AvgIpc) is 3.11. The van der Waals surface area contributed by atoms with Crippen LogP contribution in [0.2, 0.25) is 0 Å². The summed E-state index contributed by atoms with van der Waals surface area (Å²) in [6.45, 7) is 2.29. The molecule has 0 bridgehead atoms. The van der Waals surface area contributed by atoms with Gasteiger partial charge in [-0.15, -0.1) is 11.3 Å². The topological polar surface area (TPSA) is 46.3 Å². The van der Waals surface area contributed by atoms with Gasteiger partial charge in [0.2, 0.25) is 0 Å². The standard InChI is InChI=1S/C16H17FN2OS/c1-10-8-11(18)9-12(15(10)17)16(20)19-6-2-4-13(19)14-5-3-7-21-14/h3,5,7-9,13H,2,4,6,18H2,1H3. The molecule has 1 unspecified atom stereocenters. The Morgan fingerprint density at radius 1 is 1.48 bits per heavy atom. The Labute approximate surface area is 127 Å². The molecule has 1 aromatic heterocycles. The van der Waals surface area contributed by atoms with Gasteiger partial charge in [-0.3, -0.25) is 4.79 Å². The number of nitrogen functional groups attached to an aromatic ring is 1. The average molecular weight is 304 g/mol. The van der Waals surface area contributed by atoms with E-state index in [-0.39, 0.29) is 17.5 Å². The van der Waals surface area contributed by atoms with Crippen LogP contribution in [0.25, 0.3) is 0 Å². The first-order valence-corrected chi connectivity index (χ1v) is 7.86. The number of thiophene rings is 1. The number of nitrogens with zero attached hydrogens (tertiary/aromatic N) is 1. The minimum absolute atomic E-state index is 0.0543. The number of carbonyl (C=O) groups is 1. The van der Waals surface area contributed by atoms with Crippen molar-refractivity contribution in [3.8, 4) is 0 Å². The zero-order valence-electron chi connectivity index (χ0n) is 11.8. The van der Waals surface area contributed by atoms with Crippen LogP contribution in [0.15, 0.2) is 29.6 Å². The summed E-state index contributed by atoms with van der Waals surface area (Å²) in [4.78, 5) is 15.6. The highest BCUT2D eigenvalue weighted by atomic mass is 32.1. The van der Waals surface area contributed by atoms with Gasteiger partial charge >= 0.3 is 0 Å². The summed E-state index contributed by atoms with van der Waals surface area (Å²) in [5.41, 5.74) is 6.67. The van der Waals surface area contributed by atoms with E-state index >= 15 is 0 Å². The van der Waals surface area contributed by atoms with Crippen molar-refractivity contribution in [2.24, 2.45) is 0 Å². The summed E-state index contributed by atoms with van der Waals surface area (Å²) in [5, 5.41) is 2.00. The lowest BCUT2D eigenvalue weighted by Gasteiger charge is -2.24. The SMILES string of the molecule is Cc1cc(N)cc(C(=O)N2CCCC2c2cccs2)c1F. The van der Waals surface area contributed by atoms with Crippen LogP contribution < -0.4 is 5.73 Å². The van der Waals surface area contributed by atoms with E-state index in [0.29, 0.717) is 17.8 Å². The van der Waals surface area contributed by atoms with Crippen molar-refractivity contribution < 1.29 is 9.18 Å². The normalized spacial score (nSPS) is 18.2. The smallest absolute Gasteiger partial charge is 0.257 e. The van der Waals surface area contributed by atoms with Crippen LogP contribution in [0, 0.1) is 12.7 Å². The lowest BCUT2D eigenvalue weighted by Crippen LogP contribution is -2.31. The molecule has 2 heterocycles. The molecule has 1 aliphatic heterocycles. The fourth-order valence-electron chi connectivity index (χ4n) is 2.89. The van der Waals surface area contributed by atoms with Gasteiger partial charge in [-0.25, -0.2) is 4.39 Å². The van der Waals surface area contributed by atoms with Crippen LogP contribution in [-0.4, -0.2) is 17.4 Å². The summed E-state index contributed by atoms with van der Waals surface area (Å²) < 4.78 is 14.3. The Morgan fingerprint density at radius 2 is 2.29 bits per heavy atom. The number of nitrogens with two attached hydrogens (primary N) is 1. The van der Waals surface area contributed by atoms with Gasteiger partial charge < -0.3 is 10.6 Å².